The minimum atomic E-state index is -0.302. The molecule has 15 heavy (non-hydrogen) atoms. The van der Waals surface area contributed by atoms with Crippen LogP contribution in [0.25, 0.3) is 0 Å². The molecule has 0 heterocycles. The Morgan fingerprint density at radius 2 is 1.93 bits per heavy atom. The van der Waals surface area contributed by atoms with E-state index in [1.807, 2.05) is 6.92 Å². The summed E-state index contributed by atoms with van der Waals surface area (Å²) in [4.78, 5) is 11.7. The zero-order chi connectivity index (χ0) is 10.6. The second-order valence-electron chi connectivity index (χ2n) is 5.40. The van der Waals surface area contributed by atoms with Crippen molar-refractivity contribution in [2.24, 2.45) is 23.7 Å². The van der Waals surface area contributed by atoms with Crippen molar-refractivity contribution in [3.63, 3.8) is 0 Å². The Morgan fingerprint density at radius 3 is 2.47 bits per heavy atom. The summed E-state index contributed by atoms with van der Waals surface area (Å²) in [5.41, 5.74) is 0. The largest absolute Gasteiger partial charge is 0.372 e. The fourth-order valence-electron chi connectivity index (χ4n) is 3.91. The van der Waals surface area contributed by atoms with Crippen LogP contribution >= 0.6 is 0 Å². The average molecular weight is 209 g/mol. The first-order valence-corrected chi connectivity index (χ1v) is 6.05. The number of hydrogen-bond donors (Lipinski definition) is 1. The lowest BCUT2D eigenvalue weighted by molar-refractivity contribution is -0.130. The minimum Gasteiger partial charge on any atom is -0.372 e. The average Bonchev–Trinajstić information content (AvgIpc) is 2.66. The Kier molecular flexibility index (Phi) is 2.06. The highest BCUT2D eigenvalue weighted by Crippen LogP contribution is 2.65. The summed E-state index contributed by atoms with van der Waals surface area (Å²) in [6, 6.07) is 0.487. The molecule has 84 valence electrons. The molecule has 3 rings (SSSR count). The number of rotatable bonds is 3. The van der Waals surface area contributed by atoms with E-state index in [4.69, 9.17) is 4.74 Å². The maximum Gasteiger partial charge on any atom is 0.249 e. The van der Waals surface area contributed by atoms with Crippen LogP contribution in [0.5, 0.6) is 0 Å². The molecule has 0 aliphatic heterocycles. The van der Waals surface area contributed by atoms with Gasteiger partial charge in [-0.2, -0.15) is 0 Å². The van der Waals surface area contributed by atoms with Gasteiger partial charge in [-0.15, -0.1) is 0 Å². The third-order valence-electron chi connectivity index (χ3n) is 4.77. The molecule has 0 aromatic carbocycles. The third-order valence-corrected chi connectivity index (χ3v) is 4.77. The van der Waals surface area contributed by atoms with Crippen molar-refractivity contribution in [3.05, 3.63) is 0 Å². The van der Waals surface area contributed by atoms with Crippen molar-refractivity contribution < 1.29 is 9.53 Å². The summed E-state index contributed by atoms with van der Waals surface area (Å²) >= 11 is 0. The van der Waals surface area contributed by atoms with Crippen LogP contribution in [0, 0.1) is 23.7 Å². The molecule has 3 heteroatoms. The van der Waals surface area contributed by atoms with Crippen LogP contribution in [0.15, 0.2) is 0 Å². The number of carbonyl (C=O) groups is 1. The van der Waals surface area contributed by atoms with Crippen molar-refractivity contribution in [3.8, 4) is 0 Å². The molecule has 1 N–H and O–H groups in total. The number of ether oxygens (including phenoxy) is 1. The van der Waals surface area contributed by atoms with Gasteiger partial charge in [0.05, 0.1) is 0 Å². The fraction of sp³-hybridized carbons (Fsp3) is 0.917. The van der Waals surface area contributed by atoms with E-state index in [0.29, 0.717) is 6.04 Å². The molecular weight excluding hydrogens is 190 g/mol. The van der Waals surface area contributed by atoms with Gasteiger partial charge in [-0.05, 0) is 49.9 Å². The molecule has 3 nitrogen and oxygen atoms in total. The van der Waals surface area contributed by atoms with Gasteiger partial charge in [0.2, 0.25) is 5.91 Å². The maximum absolute atomic E-state index is 11.7. The SMILES string of the molecule is COC(C)C(=O)NC1C2C3CCC(C3)C12. The molecule has 5 unspecified atom stereocenters. The highest BCUT2D eigenvalue weighted by Gasteiger charge is 2.65. The van der Waals surface area contributed by atoms with Gasteiger partial charge in [-0.3, -0.25) is 4.79 Å². The molecule has 1 amide bonds. The van der Waals surface area contributed by atoms with Gasteiger partial charge in [0.15, 0.2) is 0 Å². The highest BCUT2D eigenvalue weighted by atomic mass is 16.5. The summed E-state index contributed by atoms with van der Waals surface area (Å²) < 4.78 is 5.02. The van der Waals surface area contributed by atoms with Crippen LogP contribution in [0.3, 0.4) is 0 Å². The van der Waals surface area contributed by atoms with Gasteiger partial charge < -0.3 is 10.1 Å². The van der Waals surface area contributed by atoms with Crippen molar-refractivity contribution in [1.29, 1.82) is 0 Å². The van der Waals surface area contributed by atoms with Crippen molar-refractivity contribution in [2.75, 3.05) is 7.11 Å². The molecular formula is C12H19NO2. The number of carbonyl (C=O) groups excluding carboxylic acids is 1. The van der Waals surface area contributed by atoms with Crippen LogP contribution < -0.4 is 5.32 Å². The van der Waals surface area contributed by atoms with Crippen molar-refractivity contribution in [1.82, 2.24) is 5.32 Å². The first-order valence-electron chi connectivity index (χ1n) is 6.05. The van der Waals surface area contributed by atoms with Crippen molar-refractivity contribution >= 4 is 5.91 Å². The summed E-state index contributed by atoms with van der Waals surface area (Å²) in [5.74, 6) is 3.54. The van der Waals surface area contributed by atoms with Gasteiger partial charge in [0, 0.05) is 13.2 Å². The minimum absolute atomic E-state index is 0.0660. The van der Waals surface area contributed by atoms with Crippen LogP contribution in [0.1, 0.15) is 26.2 Å². The van der Waals surface area contributed by atoms with Gasteiger partial charge in [-0.25, -0.2) is 0 Å². The quantitative estimate of drug-likeness (QED) is 0.758. The van der Waals surface area contributed by atoms with Crippen LogP contribution in [-0.4, -0.2) is 25.2 Å². The van der Waals surface area contributed by atoms with E-state index in [0.717, 1.165) is 23.7 Å². The molecule has 0 aromatic rings. The molecule has 5 atom stereocenters. The highest BCUT2D eigenvalue weighted by molar-refractivity contribution is 5.81. The van der Waals surface area contributed by atoms with Crippen LogP contribution in [0.2, 0.25) is 0 Å². The monoisotopic (exact) mass is 209 g/mol. The zero-order valence-electron chi connectivity index (χ0n) is 9.40. The lowest BCUT2D eigenvalue weighted by Gasteiger charge is -2.13. The van der Waals surface area contributed by atoms with Crippen LogP contribution in [-0.2, 0) is 9.53 Å². The first-order chi connectivity index (χ1) is 7.22. The van der Waals surface area contributed by atoms with E-state index in [1.54, 1.807) is 7.11 Å². The molecule has 3 saturated carbocycles. The summed E-state index contributed by atoms with van der Waals surface area (Å²) in [6.07, 6.45) is 3.93. The molecule has 0 saturated heterocycles. The number of fused-ring (bicyclic) bond motifs is 5. The summed E-state index contributed by atoms with van der Waals surface area (Å²) in [6.45, 7) is 1.81. The first kappa shape index (κ1) is 9.64. The van der Waals surface area contributed by atoms with Crippen LogP contribution in [0.4, 0.5) is 0 Å². The predicted octanol–water partition coefficient (Wildman–Crippen LogP) is 1.18. The van der Waals surface area contributed by atoms with E-state index in [2.05, 4.69) is 5.32 Å². The van der Waals surface area contributed by atoms with Gasteiger partial charge in [0.25, 0.3) is 0 Å². The Morgan fingerprint density at radius 1 is 1.33 bits per heavy atom. The molecule has 0 radical (unpaired) electrons. The Bertz CT molecular complexity index is 275. The molecule has 0 spiro atoms. The molecule has 3 aliphatic carbocycles. The maximum atomic E-state index is 11.7. The van der Waals surface area contributed by atoms with Gasteiger partial charge >= 0.3 is 0 Å². The second kappa shape index (κ2) is 3.21. The normalized spacial score (nSPS) is 47.5. The molecule has 0 aromatic heterocycles. The predicted molar refractivity (Wildman–Crippen MR) is 56.2 cm³/mol. The Balaban J connectivity index is 1.57. The second-order valence-corrected chi connectivity index (χ2v) is 5.40. The van der Waals surface area contributed by atoms with E-state index >= 15 is 0 Å². The number of amides is 1. The fourth-order valence-corrected chi connectivity index (χ4v) is 3.91. The number of hydrogen-bond acceptors (Lipinski definition) is 2. The Labute approximate surface area is 90.6 Å². The summed E-state index contributed by atoms with van der Waals surface area (Å²) in [5, 5.41) is 3.14. The van der Waals surface area contributed by atoms with E-state index in [-0.39, 0.29) is 12.0 Å². The Hall–Kier alpha value is -0.570. The van der Waals surface area contributed by atoms with E-state index in [9.17, 15) is 4.79 Å². The zero-order valence-corrected chi connectivity index (χ0v) is 9.40. The molecule has 3 fully saturated rings. The van der Waals surface area contributed by atoms with Gasteiger partial charge in [-0.1, -0.05) is 0 Å². The molecule has 2 bridgehead atoms. The van der Waals surface area contributed by atoms with Gasteiger partial charge in [0.1, 0.15) is 6.10 Å². The number of nitrogens with one attached hydrogen (secondary N) is 1. The van der Waals surface area contributed by atoms with E-state index < -0.39 is 0 Å². The van der Waals surface area contributed by atoms with E-state index in [1.165, 1.54) is 19.3 Å². The smallest absolute Gasteiger partial charge is 0.249 e. The lowest BCUT2D eigenvalue weighted by atomic mass is 10.0. The number of methoxy groups -OCH3 is 1. The van der Waals surface area contributed by atoms with Crippen molar-refractivity contribution in [2.45, 2.75) is 38.3 Å². The molecule has 3 aliphatic rings. The topological polar surface area (TPSA) is 38.3 Å². The standard InChI is InChI=1S/C12H19NO2/c1-6(15-2)12(14)13-11-9-7-3-4-8(5-7)10(9)11/h6-11H,3-5H2,1-2H3,(H,13,14). The lowest BCUT2D eigenvalue weighted by Crippen LogP contribution is -2.37. The summed E-state index contributed by atoms with van der Waals surface area (Å²) in [7, 11) is 1.58. The third kappa shape index (κ3) is 1.32.